The number of rotatable bonds is 4. The first-order valence-electron chi connectivity index (χ1n) is 9.74. The zero-order chi connectivity index (χ0) is 22.8. The van der Waals surface area contributed by atoms with Crippen LogP contribution in [0.25, 0.3) is 16.7 Å². The van der Waals surface area contributed by atoms with Crippen LogP contribution in [0, 0.1) is 18.3 Å². The number of carbonyl (C=O) groups excluding carboxylic acids is 1. The Morgan fingerprint density at radius 1 is 1.25 bits per heavy atom. The van der Waals surface area contributed by atoms with Gasteiger partial charge in [0.1, 0.15) is 17.4 Å². The van der Waals surface area contributed by atoms with Gasteiger partial charge in [-0.25, -0.2) is 4.98 Å². The monoisotopic (exact) mass is 447 g/mol. The van der Waals surface area contributed by atoms with Gasteiger partial charge in [0.15, 0.2) is 5.49 Å². The first kappa shape index (κ1) is 21.4. The van der Waals surface area contributed by atoms with Crippen molar-refractivity contribution in [1.82, 2.24) is 14.0 Å². The predicted octanol–water partition coefficient (Wildman–Crippen LogP) is 2.87. The zero-order valence-corrected chi connectivity index (χ0v) is 18.1. The molecule has 9 heteroatoms. The van der Waals surface area contributed by atoms with Crippen LogP contribution in [0.15, 0.2) is 58.4 Å². The number of methoxy groups -OCH3 is 1. The molecule has 0 aliphatic heterocycles. The molecule has 1 amide bonds. The summed E-state index contributed by atoms with van der Waals surface area (Å²) >= 11 is 6.15. The Hall–Kier alpha value is -3.80. The van der Waals surface area contributed by atoms with Crippen LogP contribution >= 0.6 is 11.6 Å². The molecule has 1 aromatic carbocycles. The number of nitrogens with zero attached hydrogens (tertiary/aromatic N) is 5. The second kappa shape index (κ2) is 8.75. The summed E-state index contributed by atoms with van der Waals surface area (Å²) in [6.45, 7) is 2.33. The Morgan fingerprint density at radius 2 is 2.03 bits per heavy atom. The van der Waals surface area contributed by atoms with Crippen LogP contribution in [0.2, 0.25) is 5.02 Å². The van der Waals surface area contributed by atoms with Crippen molar-refractivity contribution < 1.29 is 9.53 Å². The summed E-state index contributed by atoms with van der Waals surface area (Å²) in [4.78, 5) is 35.0. The summed E-state index contributed by atoms with van der Waals surface area (Å²) in [6, 6.07) is 13.6. The molecule has 0 saturated carbocycles. The minimum Gasteiger partial charge on any atom is -0.383 e. The quantitative estimate of drug-likeness (QED) is 0.447. The van der Waals surface area contributed by atoms with E-state index in [1.165, 1.54) is 17.6 Å². The third kappa shape index (κ3) is 3.68. The lowest BCUT2D eigenvalue weighted by Gasteiger charge is -2.14. The standard InChI is InChI=1S/C23H18ClN5O3/c1-14-6-5-9-29-19(14)26-21-17(23(29)31)12-15(13-25)20(28(21)10-11-32-2)27-22(30)16-7-3-4-8-18(16)24/h3-9,12H,10-11H2,1-2H3. The van der Waals surface area contributed by atoms with E-state index in [0.29, 0.717) is 11.3 Å². The topological polar surface area (TPSA) is 102 Å². The number of hydrogen-bond acceptors (Lipinski definition) is 5. The third-order valence-corrected chi connectivity index (χ3v) is 5.39. The fourth-order valence-electron chi connectivity index (χ4n) is 3.48. The van der Waals surface area contributed by atoms with Crippen LogP contribution in [0.3, 0.4) is 0 Å². The molecule has 4 rings (SSSR count). The van der Waals surface area contributed by atoms with E-state index in [2.05, 4.69) is 9.98 Å². The van der Waals surface area contributed by atoms with Crippen LogP contribution in [-0.2, 0) is 11.3 Å². The highest BCUT2D eigenvalue weighted by molar-refractivity contribution is 6.33. The van der Waals surface area contributed by atoms with Gasteiger partial charge in [0, 0.05) is 19.9 Å². The average Bonchev–Trinajstić information content (AvgIpc) is 2.79. The lowest BCUT2D eigenvalue weighted by atomic mass is 10.2. The van der Waals surface area contributed by atoms with E-state index in [1.807, 2.05) is 19.1 Å². The molecule has 0 atom stereocenters. The van der Waals surface area contributed by atoms with Crippen molar-refractivity contribution in [1.29, 1.82) is 5.26 Å². The summed E-state index contributed by atoms with van der Waals surface area (Å²) in [6.07, 6.45) is 1.63. The molecule has 0 aliphatic rings. The van der Waals surface area contributed by atoms with Gasteiger partial charge in [-0.2, -0.15) is 10.3 Å². The van der Waals surface area contributed by atoms with E-state index in [0.717, 1.165) is 5.56 Å². The highest BCUT2D eigenvalue weighted by Crippen LogP contribution is 2.16. The zero-order valence-electron chi connectivity index (χ0n) is 17.4. The SMILES string of the molecule is COCCn1c(=NC(=O)c2ccccc2Cl)c(C#N)cc2c(=O)n3cccc(C)c3nc21. The molecule has 8 nitrogen and oxygen atoms in total. The maximum absolute atomic E-state index is 13.2. The number of fused-ring (bicyclic) bond motifs is 2. The lowest BCUT2D eigenvalue weighted by Crippen LogP contribution is -2.30. The fraction of sp³-hybridized carbons (Fsp3) is 0.174. The molecular formula is C23H18ClN5O3. The Morgan fingerprint density at radius 3 is 2.75 bits per heavy atom. The average molecular weight is 448 g/mol. The molecule has 3 heterocycles. The van der Waals surface area contributed by atoms with Crippen molar-refractivity contribution in [3.05, 3.63) is 86.2 Å². The minimum atomic E-state index is -0.605. The smallest absolute Gasteiger partial charge is 0.280 e. The molecule has 4 aromatic rings. The van der Waals surface area contributed by atoms with Crippen molar-refractivity contribution >= 4 is 34.2 Å². The van der Waals surface area contributed by atoms with Crippen molar-refractivity contribution in [3.63, 3.8) is 0 Å². The second-order valence-corrected chi connectivity index (χ2v) is 7.48. The van der Waals surface area contributed by atoms with Gasteiger partial charge in [-0.3, -0.25) is 14.0 Å². The summed E-state index contributed by atoms with van der Waals surface area (Å²) in [7, 11) is 1.53. The Labute approximate surface area is 187 Å². The summed E-state index contributed by atoms with van der Waals surface area (Å²) in [5, 5.41) is 10.3. The van der Waals surface area contributed by atoms with Crippen LogP contribution in [0.5, 0.6) is 0 Å². The minimum absolute atomic E-state index is 0.0699. The van der Waals surface area contributed by atoms with E-state index in [9.17, 15) is 14.9 Å². The van der Waals surface area contributed by atoms with Crippen molar-refractivity contribution in [2.75, 3.05) is 13.7 Å². The number of benzene rings is 1. The Kier molecular flexibility index (Phi) is 5.86. The molecule has 160 valence electrons. The molecular weight excluding hydrogens is 430 g/mol. The normalized spacial score (nSPS) is 11.8. The largest absolute Gasteiger partial charge is 0.383 e. The first-order chi connectivity index (χ1) is 15.5. The molecule has 0 unspecified atom stereocenters. The Balaban J connectivity index is 2.12. The molecule has 0 spiro atoms. The second-order valence-electron chi connectivity index (χ2n) is 7.07. The van der Waals surface area contributed by atoms with Gasteiger partial charge >= 0.3 is 0 Å². The Bertz CT molecular complexity index is 1550. The number of hydrogen-bond donors (Lipinski definition) is 0. The summed E-state index contributed by atoms with van der Waals surface area (Å²) < 4.78 is 8.22. The molecule has 32 heavy (non-hydrogen) atoms. The fourth-order valence-corrected chi connectivity index (χ4v) is 3.69. The molecule has 0 saturated heterocycles. The van der Waals surface area contributed by atoms with Crippen molar-refractivity contribution in [2.45, 2.75) is 13.5 Å². The van der Waals surface area contributed by atoms with E-state index >= 15 is 0 Å². The van der Waals surface area contributed by atoms with Crippen LogP contribution in [0.4, 0.5) is 0 Å². The van der Waals surface area contributed by atoms with Gasteiger partial charge < -0.3 is 9.30 Å². The van der Waals surface area contributed by atoms with Gasteiger partial charge in [-0.05, 0) is 36.8 Å². The van der Waals surface area contributed by atoms with Crippen molar-refractivity contribution in [2.24, 2.45) is 4.99 Å². The first-order valence-corrected chi connectivity index (χ1v) is 10.1. The lowest BCUT2D eigenvalue weighted by molar-refractivity contribution is 0.0996. The molecule has 3 aromatic heterocycles. The molecule has 0 bridgehead atoms. The molecule has 0 radical (unpaired) electrons. The van der Waals surface area contributed by atoms with Crippen LogP contribution in [-0.4, -0.2) is 33.6 Å². The predicted molar refractivity (Wildman–Crippen MR) is 120 cm³/mol. The van der Waals surface area contributed by atoms with Gasteiger partial charge in [-0.15, -0.1) is 0 Å². The number of amides is 1. The summed E-state index contributed by atoms with van der Waals surface area (Å²) in [5.74, 6) is -0.605. The molecule has 0 fully saturated rings. The van der Waals surface area contributed by atoms with Gasteiger partial charge in [0.2, 0.25) is 0 Å². The van der Waals surface area contributed by atoms with Crippen LogP contribution < -0.4 is 11.0 Å². The van der Waals surface area contributed by atoms with E-state index in [1.54, 1.807) is 41.1 Å². The number of ether oxygens (including phenoxy) is 1. The molecule has 0 N–H and O–H groups in total. The van der Waals surface area contributed by atoms with E-state index in [-0.39, 0.29) is 45.7 Å². The number of aromatic nitrogens is 3. The maximum atomic E-state index is 13.2. The number of aryl methyl sites for hydroxylation is 1. The number of halogens is 1. The van der Waals surface area contributed by atoms with E-state index in [4.69, 9.17) is 16.3 Å². The van der Waals surface area contributed by atoms with Gasteiger partial charge in [-0.1, -0.05) is 29.8 Å². The highest BCUT2D eigenvalue weighted by atomic mass is 35.5. The maximum Gasteiger partial charge on any atom is 0.280 e. The number of carbonyl (C=O) groups is 1. The number of nitriles is 1. The summed E-state index contributed by atoms with van der Waals surface area (Å²) in [5.41, 5.74) is 1.64. The van der Waals surface area contributed by atoms with Gasteiger partial charge in [0.05, 0.1) is 28.1 Å². The third-order valence-electron chi connectivity index (χ3n) is 5.06. The van der Waals surface area contributed by atoms with Crippen LogP contribution in [0.1, 0.15) is 21.5 Å². The molecule has 0 aliphatic carbocycles. The number of pyridine rings is 2. The van der Waals surface area contributed by atoms with Crippen molar-refractivity contribution in [3.8, 4) is 6.07 Å². The van der Waals surface area contributed by atoms with Gasteiger partial charge in [0.25, 0.3) is 11.5 Å². The highest BCUT2D eigenvalue weighted by Gasteiger charge is 2.16. The van der Waals surface area contributed by atoms with E-state index < -0.39 is 5.91 Å².